The molecular formula is C19H23N5O5. The number of aromatic nitrogens is 3. The highest BCUT2D eigenvalue weighted by Crippen LogP contribution is 2.23. The third-order valence-corrected chi connectivity index (χ3v) is 4.40. The maximum atomic E-state index is 11.9. The number of hydrogen-bond acceptors (Lipinski definition) is 6. The minimum Gasteiger partial charge on any atom is -0.478 e. The Bertz CT molecular complexity index is 907. The quantitative estimate of drug-likeness (QED) is 0.553. The van der Waals surface area contributed by atoms with Crippen LogP contribution in [0.5, 0.6) is 0 Å². The molecule has 0 spiro atoms. The van der Waals surface area contributed by atoms with Crippen molar-refractivity contribution in [1.82, 2.24) is 19.9 Å². The Morgan fingerprint density at radius 1 is 1.24 bits per heavy atom. The fourth-order valence-corrected chi connectivity index (χ4v) is 2.97. The molecule has 1 fully saturated rings. The van der Waals surface area contributed by atoms with E-state index in [1.54, 1.807) is 6.33 Å². The van der Waals surface area contributed by atoms with E-state index in [0.29, 0.717) is 18.7 Å². The predicted molar refractivity (Wildman–Crippen MR) is 106 cm³/mol. The molecule has 1 amide bonds. The number of hydrogen-bond donors (Lipinski definition) is 4. The van der Waals surface area contributed by atoms with Gasteiger partial charge in [0.1, 0.15) is 17.8 Å². The summed E-state index contributed by atoms with van der Waals surface area (Å²) in [5.74, 6) is -1.71. The molecule has 1 saturated heterocycles. The molecule has 0 aromatic carbocycles. The Morgan fingerprint density at radius 2 is 1.93 bits per heavy atom. The number of amides is 1. The van der Waals surface area contributed by atoms with Crippen LogP contribution in [0, 0.1) is 0 Å². The van der Waals surface area contributed by atoms with Gasteiger partial charge in [0, 0.05) is 37.0 Å². The van der Waals surface area contributed by atoms with Crippen molar-refractivity contribution in [3.8, 4) is 0 Å². The van der Waals surface area contributed by atoms with Crippen molar-refractivity contribution in [2.24, 2.45) is 0 Å². The summed E-state index contributed by atoms with van der Waals surface area (Å²) in [5, 5.41) is 20.0. The maximum absolute atomic E-state index is 11.9. The van der Waals surface area contributed by atoms with Crippen molar-refractivity contribution in [3.05, 3.63) is 43.4 Å². The highest BCUT2D eigenvalue weighted by atomic mass is 16.4. The molecule has 2 aromatic heterocycles. The van der Waals surface area contributed by atoms with E-state index in [0.717, 1.165) is 29.7 Å². The molecule has 1 aliphatic rings. The zero-order valence-electron chi connectivity index (χ0n) is 15.9. The number of rotatable bonds is 5. The number of carboxylic acids is 2. The Labute approximate surface area is 167 Å². The van der Waals surface area contributed by atoms with Crippen LogP contribution in [0.25, 0.3) is 11.0 Å². The maximum Gasteiger partial charge on any atom is 0.328 e. The van der Waals surface area contributed by atoms with Crippen LogP contribution in [0.1, 0.15) is 19.8 Å². The molecule has 0 radical (unpaired) electrons. The van der Waals surface area contributed by atoms with Crippen molar-refractivity contribution in [3.63, 3.8) is 0 Å². The monoisotopic (exact) mass is 401 g/mol. The fraction of sp³-hybridized carbons (Fsp3) is 0.316. The number of likely N-dealkylation sites (tertiary alicyclic amines) is 1. The van der Waals surface area contributed by atoms with Gasteiger partial charge in [0.25, 0.3) is 0 Å². The van der Waals surface area contributed by atoms with Gasteiger partial charge in [0.15, 0.2) is 0 Å². The Morgan fingerprint density at radius 3 is 2.55 bits per heavy atom. The lowest BCUT2D eigenvalue weighted by molar-refractivity contribution is -0.134. The highest BCUT2D eigenvalue weighted by Gasteiger charge is 2.28. The van der Waals surface area contributed by atoms with Crippen LogP contribution in [0.2, 0.25) is 0 Å². The molecule has 29 heavy (non-hydrogen) atoms. The minimum absolute atomic E-state index is 0.0107. The molecular weight excluding hydrogens is 378 g/mol. The van der Waals surface area contributed by atoms with Crippen LogP contribution < -0.4 is 5.32 Å². The topological polar surface area (TPSA) is 149 Å². The van der Waals surface area contributed by atoms with Gasteiger partial charge < -0.3 is 25.4 Å². The number of aliphatic carboxylic acids is 2. The number of carbonyl (C=O) groups excluding carboxylic acids is 1. The van der Waals surface area contributed by atoms with E-state index in [9.17, 15) is 14.4 Å². The van der Waals surface area contributed by atoms with Gasteiger partial charge in [0.2, 0.25) is 5.91 Å². The lowest BCUT2D eigenvalue weighted by Crippen LogP contribution is -2.49. The third-order valence-electron chi connectivity index (χ3n) is 4.40. The largest absolute Gasteiger partial charge is 0.478 e. The summed E-state index contributed by atoms with van der Waals surface area (Å²) in [7, 11) is 0. The zero-order valence-corrected chi connectivity index (χ0v) is 15.9. The molecule has 2 atom stereocenters. The molecule has 4 N–H and O–H groups in total. The molecule has 154 valence electrons. The molecule has 10 nitrogen and oxygen atoms in total. The van der Waals surface area contributed by atoms with Crippen LogP contribution in [0.4, 0.5) is 5.82 Å². The van der Waals surface area contributed by atoms with Crippen molar-refractivity contribution in [1.29, 1.82) is 0 Å². The molecule has 2 aromatic rings. The van der Waals surface area contributed by atoms with E-state index in [-0.39, 0.29) is 18.0 Å². The number of nitrogens with one attached hydrogen (secondary N) is 2. The molecule has 0 aliphatic carbocycles. The van der Waals surface area contributed by atoms with Gasteiger partial charge in [-0.05, 0) is 31.9 Å². The van der Waals surface area contributed by atoms with Crippen LogP contribution in [0.15, 0.2) is 43.4 Å². The number of nitrogens with zero attached hydrogens (tertiary/aromatic N) is 3. The van der Waals surface area contributed by atoms with E-state index in [4.69, 9.17) is 10.2 Å². The Hall–Kier alpha value is -3.69. The number of aromatic amines is 1. The lowest BCUT2D eigenvalue weighted by Gasteiger charge is -2.38. The van der Waals surface area contributed by atoms with Gasteiger partial charge in [0.05, 0.1) is 5.39 Å². The molecule has 10 heteroatoms. The molecule has 3 rings (SSSR count). The SMILES string of the molecule is C=CC(=O)N1C[C@H](Nc2ncnc3[nH]ccc23)CC[C@@H]1C.O=C(O)/C=C\C(=O)O. The summed E-state index contributed by atoms with van der Waals surface area (Å²) in [4.78, 5) is 44.4. The van der Waals surface area contributed by atoms with Gasteiger partial charge >= 0.3 is 11.9 Å². The third kappa shape index (κ3) is 6.16. The van der Waals surface area contributed by atoms with Gasteiger partial charge in [-0.3, -0.25) is 4.79 Å². The summed E-state index contributed by atoms with van der Waals surface area (Å²) in [5.41, 5.74) is 0.815. The van der Waals surface area contributed by atoms with Gasteiger partial charge in [-0.25, -0.2) is 19.6 Å². The summed E-state index contributed by atoms with van der Waals surface area (Å²) >= 11 is 0. The second-order valence-electron chi connectivity index (χ2n) is 6.43. The predicted octanol–water partition coefficient (Wildman–Crippen LogP) is 1.65. The van der Waals surface area contributed by atoms with Gasteiger partial charge in [-0.2, -0.15) is 0 Å². The zero-order chi connectivity index (χ0) is 21.4. The van der Waals surface area contributed by atoms with E-state index in [1.165, 1.54) is 6.08 Å². The van der Waals surface area contributed by atoms with Crippen LogP contribution >= 0.6 is 0 Å². The van der Waals surface area contributed by atoms with Crippen LogP contribution in [-0.2, 0) is 14.4 Å². The number of piperidine rings is 1. The van der Waals surface area contributed by atoms with Crippen LogP contribution in [-0.4, -0.2) is 66.5 Å². The van der Waals surface area contributed by atoms with Gasteiger partial charge in [-0.1, -0.05) is 6.58 Å². The first-order chi connectivity index (χ1) is 13.8. The Kier molecular flexibility index (Phi) is 7.47. The van der Waals surface area contributed by atoms with Crippen molar-refractivity contribution >= 4 is 34.7 Å². The van der Waals surface area contributed by atoms with Crippen molar-refractivity contribution in [2.75, 3.05) is 11.9 Å². The first kappa shape index (κ1) is 21.6. The van der Waals surface area contributed by atoms with Crippen LogP contribution in [0.3, 0.4) is 0 Å². The minimum atomic E-state index is -1.26. The number of H-pyrrole nitrogens is 1. The normalized spacial score (nSPS) is 18.7. The van der Waals surface area contributed by atoms with E-state index in [2.05, 4.69) is 33.8 Å². The summed E-state index contributed by atoms with van der Waals surface area (Å²) in [6, 6.07) is 2.40. The summed E-state index contributed by atoms with van der Waals surface area (Å²) in [6.07, 6.45) is 7.87. The number of fused-ring (bicyclic) bond motifs is 1. The van der Waals surface area contributed by atoms with Crippen molar-refractivity contribution < 1.29 is 24.6 Å². The first-order valence-electron chi connectivity index (χ1n) is 8.93. The van der Waals surface area contributed by atoms with E-state index < -0.39 is 11.9 Å². The smallest absolute Gasteiger partial charge is 0.328 e. The molecule has 0 bridgehead atoms. The Balaban J connectivity index is 0.000000321. The first-order valence-corrected chi connectivity index (χ1v) is 8.93. The number of anilines is 1. The number of carboxylic acid groups (broad SMARTS) is 2. The van der Waals surface area contributed by atoms with E-state index >= 15 is 0 Å². The van der Waals surface area contributed by atoms with E-state index in [1.807, 2.05) is 17.2 Å². The average molecular weight is 401 g/mol. The second kappa shape index (κ2) is 10.0. The average Bonchev–Trinajstić information content (AvgIpc) is 3.17. The van der Waals surface area contributed by atoms with Gasteiger partial charge in [-0.15, -0.1) is 0 Å². The fourth-order valence-electron chi connectivity index (χ4n) is 2.97. The number of carbonyl (C=O) groups is 3. The second-order valence-corrected chi connectivity index (χ2v) is 6.43. The molecule has 1 aliphatic heterocycles. The standard InChI is InChI=1S/C15H19N5O.C4H4O4/c1-3-13(21)20-8-11(5-4-10(20)2)19-15-12-6-7-16-14(12)17-9-18-15;5-3(6)1-2-4(7)8/h3,6-7,9-11H,1,4-5,8H2,2H3,(H2,16,17,18,19);1-2H,(H,5,6)(H,7,8)/b;2-1-/t10-,11+;/m0./s1. The molecule has 0 unspecified atom stereocenters. The summed E-state index contributed by atoms with van der Waals surface area (Å²) in [6.45, 7) is 6.32. The molecule has 0 saturated carbocycles. The molecule has 3 heterocycles. The highest BCUT2D eigenvalue weighted by molar-refractivity contribution is 5.89. The summed E-state index contributed by atoms with van der Waals surface area (Å²) < 4.78 is 0. The van der Waals surface area contributed by atoms with Crippen molar-refractivity contribution in [2.45, 2.75) is 31.8 Å². The lowest BCUT2D eigenvalue weighted by atomic mass is 9.99.